The van der Waals surface area contributed by atoms with Crippen molar-refractivity contribution in [3.63, 3.8) is 0 Å². The Labute approximate surface area is 97.5 Å². The second kappa shape index (κ2) is 3.26. The molecule has 1 saturated carbocycles. The molecule has 2 aliphatic rings. The van der Waals surface area contributed by atoms with Crippen molar-refractivity contribution in [1.82, 2.24) is 0 Å². The van der Waals surface area contributed by atoms with Crippen LogP contribution in [0.2, 0.25) is 0 Å². The molecule has 0 radical (unpaired) electrons. The fourth-order valence-electron chi connectivity index (χ4n) is 3.71. The van der Waals surface area contributed by atoms with Gasteiger partial charge in [-0.25, -0.2) is 0 Å². The molecule has 1 aromatic heterocycles. The van der Waals surface area contributed by atoms with E-state index >= 15 is 0 Å². The molecule has 1 aromatic rings. The number of hydrogen-bond acceptors (Lipinski definition) is 1. The van der Waals surface area contributed by atoms with Crippen molar-refractivity contribution in [1.29, 1.82) is 0 Å². The summed E-state index contributed by atoms with van der Waals surface area (Å²) in [5.41, 5.74) is 3.24. The first-order valence-corrected chi connectivity index (χ1v) is 6.36. The van der Waals surface area contributed by atoms with E-state index in [0.29, 0.717) is 17.3 Å². The van der Waals surface area contributed by atoms with Gasteiger partial charge in [0.25, 0.3) is 0 Å². The van der Waals surface area contributed by atoms with Crippen LogP contribution in [-0.2, 0) is 6.42 Å². The third-order valence-corrected chi connectivity index (χ3v) is 4.80. The SMILES string of the molecule is C=C1[C@@H](C)C[C@H]2C[C@]1(C)CCc1ccoc12. The first-order chi connectivity index (χ1) is 7.60. The summed E-state index contributed by atoms with van der Waals surface area (Å²) in [6.45, 7) is 9.06. The molecule has 0 amide bonds. The van der Waals surface area contributed by atoms with Crippen LogP contribution in [0.15, 0.2) is 28.9 Å². The van der Waals surface area contributed by atoms with Crippen molar-refractivity contribution < 1.29 is 4.42 Å². The minimum Gasteiger partial charge on any atom is -0.469 e. The van der Waals surface area contributed by atoms with Crippen LogP contribution >= 0.6 is 0 Å². The number of furan rings is 1. The van der Waals surface area contributed by atoms with Crippen molar-refractivity contribution >= 4 is 0 Å². The fraction of sp³-hybridized carbons (Fsp3) is 0.600. The molecule has 1 nitrogen and oxygen atoms in total. The Morgan fingerprint density at radius 3 is 3.12 bits per heavy atom. The Balaban J connectivity index is 2.05. The molecule has 3 atom stereocenters. The number of fused-ring (bicyclic) bond motifs is 4. The van der Waals surface area contributed by atoms with Gasteiger partial charge in [0.15, 0.2) is 0 Å². The van der Waals surface area contributed by atoms with E-state index in [1.807, 2.05) is 6.26 Å². The summed E-state index contributed by atoms with van der Waals surface area (Å²) < 4.78 is 5.72. The lowest BCUT2D eigenvalue weighted by Gasteiger charge is -2.41. The molecule has 86 valence electrons. The molecule has 1 fully saturated rings. The normalized spacial score (nSPS) is 38.0. The molecule has 1 heterocycles. The zero-order valence-electron chi connectivity index (χ0n) is 10.3. The Bertz CT molecular complexity index is 428. The summed E-state index contributed by atoms with van der Waals surface area (Å²) in [4.78, 5) is 0. The molecule has 16 heavy (non-hydrogen) atoms. The van der Waals surface area contributed by atoms with Crippen molar-refractivity contribution in [2.75, 3.05) is 0 Å². The summed E-state index contributed by atoms with van der Waals surface area (Å²) in [6.07, 6.45) is 6.71. The van der Waals surface area contributed by atoms with E-state index in [4.69, 9.17) is 4.42 Å². The van der Waals surface area contributed by atoms with Gasteiger partial charge in [-0.05, 0) is 48.6 Å². The Kier molecular flexibility index (Phi) is 2.07. The summed E-state index contributed by atoms with van der Waals surface area (Å²) in [5.74, 6) is 2.53. The smallest absolute Gasteiger partial charge is 0.110 e. The van der Waals surface area contributed by atoms with Gasteiger partial charge in [-0.3, -0.25) is 0 Å². The van der Waals surface area contributed by atoms with Gasteiger partial charge in [-0.2, -0.15) is 0 Å². The average molecular weight is 216 g/mol. The predicted octanol–water partition coefficient (Wildman–Crippen LogP) is 4.30. The number of aryl methyl sites for hydroxylation is 1. The summed E-state index contributed by atoms with van der Waals surface area (Å²) in [7, 11) is 0. The molecule has 3 rings (SSSR count). The first kappa shape index (κ1) is 10.2. The molecule has 0 saturated heterocycles. The number of allylic oxidation sites excluding steroid dienone is 1. The van der Waals surface area contributed by atoms with E-state index in [9.17, 15) is 0 Å². The predicted molar refractivity (Wildman–Crippen MR) is 65.4 cm³/mol. The first-order valence-electron chi connectivity index (χ1n) is 6.36. The topological polar surface area (TPSA) is 13.1 Å². The average Bonchev–Trinajstić information content (AvgIpc) is 2.67. The van der Waals surface area contributed by atoms with Gasteiger partial charge < -0.3 is 4.42 Å². The van der Waals surface area contributed by atoms with Crippen LogP contribution in [0.4, 0.5) is 0 Å². The van der Waals surface area contributed by atoms with Crippen molar-refractivity contribution in [3.05, 3.63) is 35.8 Å². The lowest BCUT2D eigenvalue weighted by Crippen LogP contribution is -2.30. The third kappa shape index (κ3) is 1.30. The Hall–Kier alpha value is -0.980. The Morgan fingerprint density at radius 2 is 2.31 bits per heavy atom. The summed E-state index contributed by atoms with van der Waals surface area (Å²) >= 11 is 0. The highest BCUT2D eigenvalue weighted by Crippen LogP contribution is 2.54. The van der Waals surface area contributed by atoms with Gasteiger partial charge >= 0.3 is 0 Å². The Morgan fingerprint density at radius 1 is 1.50 bits per heavy atom. The highest BCUT2D eigenvalue weighted by Gasteiger charge is 2.42. The van der Waals surface area contributed by atoms with E-state index in [-0.39, 0.29) is 0 Å². The maximum atomic E-state index is 5.72. The van der Waals surface area contributed by atoms with Crippen LogP contribution in [0.25, 0.3) is 0 Å². The van der Waals surface area contributed by atoms with Crippen LogP contribution in [0.3, 0.4) is 0 Å². The van der Waals surface area contributed by atoms with Crippen LogP contribution in [0, 0.1) is 11.3 Å². The molecule has 0 aliphatic heterocycles. The van der Waals surface area contributed by atoms with Gasteiger partial charge in [0.1, 0.15) is 5.76 Å². The maximum Gasteiger partial charge on any atom is 0.110 e. The number of hydrogen-bond donors (Lipinski definition) is 0. The zero-order valence-corrected chi connectivity index (χ0v) is 10.3. The summed E-state index contributed by atoms with van der Waals surface area (Å²) in [5, 5.41) is 0. The highest BCUT2D eigenvalue weighted by molar-refractivity contribution is 5.30. The lowest BCUT2D eigenvalue weighted by atomic mass is 9.63. The lowest BCUT2D eigenvalue weighted by molar-refractivity contribution is 0.218. The standard InChI is InChI=1S/C15H20O/c1-10-8-13-9-15(3,11(10)2)6-4-12-5-7-16-14(12)13/h5,7,10,13H,2,4,6,8-9H2,1,3H3/t10-,13-,15-/m0/s1. The largest absolute Gasteiger partial charge is 0.469 e. The van der Waals surface area contributed by atoms with Gasteiger partial charge in [-0.1, -0.05) is 26.0 Å². The zero-order chi connectivity index (χ0) is 11.3. The van der Waals surface area contributed by atoms with Gasteiger partial charge in [0, 0.05) is 5.92 Å². The number of rotatable bonds is 0. The van der Waals surface area contributed by atoms with Gasteiger partial charge in [0.05, 0.1) is 6.26 Å². The molecule has 0 N–H and O–H groups in total. The van der Waals surface area contributed by atoms with E-state index in [2.05, 4.69) is 26.5 Å². The van der Waals surface area contributed by atoms with Crippen LogP contribution in [-0.4, -0.2) is 0 Å². The second-order valence-corrected chi connectivity index (χ2v) is 5.93. The van der Waals surface area contributed by atoms with Crippen LogP contribution in [0.5, 0.6) is 0 Å². The van der Waals surface area contributed by atoms with E-state index < -0.39 is 0 Å². The van der Waals surface area contributed by atoms with E-state index in [1.54, 1.807) is 0 Å². The highest BCUT2D eigenvalue weighted by atomic mass is 16.3. The van der Waals surface area contributed by atoms with Crippen molar-refractivity contribution in [2.24, 2.45) is 11.3 Å². The molecule has 0 spiro atoms. The van der Waals surface area contributed by atoms with Crippen molar-refractivity contribution in [3.8, 4) is 0 Å². The fourth-order valence-corrected chi connectivity index (χ4v) is 3.71. The summed E-state index contributed by atoms with van der Waals surface area (Å²) in [6, 6.07) is 2.16. The molecular weight excluding hydrogens is 196 g/mol. The van der Waals surface area contributed by atoms with E-state index in [1.165, 1.54) is 36.2 Å². The van der Waals surface area contributed by atoms with Crippen LogP contribution in [0.1, 0.15) is 50.4 Å². The van der Waals surface area contributed by atoms with Gasteiger partial charge in [0.2, 0.25) is 0 Å². The molecule has 2 aliphatic carbocycles. The molecule has 2 bridgehead atoms. The minimum absolute atomic E-state index is 0.337. The third-order valence-electron chi connectivity index (χ3n) is 4.80. The van der Waals surface area contributed by atoms with Crippen LogP contribution < -0.4 is 0 Å². The second-order valence-electron chi connectivity index (χ2n) is 5.93. The quantitative estimate of drug-likeness (QED) is 0.589. The van der Waals surface area contributed by atoms with E-state index in [0.717, 1.165) is 6.42 Å². The monoisotopic (exact) mass is 216 g/mol. The molecule has 0 aromatic carbocycles. The maximum absolute atomic E-state index is 5.72. The van der Waals surface area contributed by atoms with Gasteiger partial charge in [-0.15, -0.1) is 0 Å². The molecule has 0 unspecified atom stereocenters. The minimum atomic E-state index is 0.337. The molecular formula is C15H20O. The van der Waals surface area contributed by atoms with Crippen molar-refractivity contribution in [2.45, 2.75) is 45.4 Å². The molecule has 1 heteroatoms.